The van der Waals surface area contributed by atoms with Crippen molar-refractivity contribution >= 4 is 23.5 Å². The summed E-state index contributed by atoms with van der Waals surface area (Å²) in [5.41, 5.74) is 0. The van der Waals surface area contributed by atoms with Crippen LogP contribution in [-0.2, 0) is 9.59 Å². The molecule has 16 heavy (non-hydrogen) atoms. The number of carbonyl (C=O) groups is 2. The molecule has 0 saturated carbocycles. The van der Waals surface area contributed by atoms with Crippen molar-refractivity contribution < 1.29 is 14.7 Å². The molecule has 4 heteroatoms. The first kappa shape index (κ1) is 15.5. The lowest BCUT2D eigenvalue weighted by molar-refractivity contribution is -0.148. The van der Waals surface area contributed by atoms with Gasteiger partial charge in [-0.3, -0.25) is 4.79 Å². The summed E-state index contributed by atoms with van der Waals surface area (Å²) < 4.78 is 0. The van der Waals surface area contributed by atoms with Gasteiger partial charge in [-0.05, 0) is 12.2 Å². The predicted octanol–water partition coefficient (Wildman–Crippen LogP) is 3.12. The summed E-state index contributed by atoms with van der Waals surface area (Å²) in [4.78, 5) is 20.9. The Morgan fingerprint density at radius 1 is 1.00 bits per heavy atom. The lowest BCUT2D eigenvalue weighted by atomic mass is 10.1. The highest BCUT2D eigenvalue weighted by molar-refractivity contribution is 7.99. The molecule has 0 fully saturated rings. The van der Waals surface area contributed by atoms with Gasteiger partial charge in [0.1, 0.15) is 0 Å². The zero-order chi connectivity index (χ0) is 12.2. The van der Waals surface area contributed by atoms with Crippen LogP contribution in [0.4, 0.5) is 0 Å². The average Bonchev–Trinajstić information content (AvgIpc) is 2.26. The number of Topliss-reactive ketones (excluding diaryl/α,β-unsaturated/α-hetero) is 1. The fourth-order valence-electron chi connectivity index (χ4n) is 1.36. The molecule has 0 aliphatic rings. The van der Waals surface area contributed by atoms with Gasteiger partial charge in [0.25, 0.3) is 0 Å². The third-order valence-corrected chi connectivity index (χ3v) is 3.42. The van der Waals surface area contributed by atoms with Crippen LogP contribution in [0.2, 0.25) is 0 Å². The number of ketones is 1. The van der Waals surface area contributed by atoms with Gasteiger partial charge in [0.05, 0.1) is 0 Å². The quantitative estimate of drug-likeness (QED) is 0.449. The first-order valence-corrected chi connectivity index (χ1v) is 7.17. The normalized spacial score (nSPS) is 10.3. The summed E-state index contributed by atoms with van der Waals surface area (Å²) in [6, 6.07) is 0. The lowest BCUT2D eigenvalue weighted by Gasteiger charge is -2.00. The maximum atomic E-state index is 10.7. The van der Waals surface area contributed by atoms with E-state index in [1.165, 1.54) is 38.5 Å². The Kier molecular flexibility index (Phi) is 10.6. The van der Waals surface area contributed by atoms with Crippen LogP contribution in [-0.4, -0.2) is 28.4 Å². The molecule has 1 N–H and O–H groups in total. The van der Waals surface area contributed by atoms with Crippen LogP contribution in [0.25, 0.3) is 0 Å². The van der Waals surface area contributed by atoms with Crippen LogP contribution in [0.3, 0.4) is 0 Å². The van der Waals surface area contributed by atoms with E-state index >= 15 is 0 Å². The second-order valence-electron chi connectivity index (χ2n) is 3.86. The zero-order valence-corrected chi connectivity index (χ0v) is 10.9. The number of aliphatic carboxylic acids is 1. The minimum Gasteiger partial charge on any atom is -0.476 e. The number of carbonyl (C=O) groups excluding carboxylic acids is 1. The molecule has 0 aromatic carbocycles. The van der Waals surface area contributed by atoms with E-state index in [9.17, 15) is 9.59 Å². The molecule has 0 atom stereocenters. The molecule has 0 unspecified atom stereocenters. The van der Waals surface area contributed by atoms with Crippen LogP contribution < -0.4 is 0 Å². The van der Waals surface area contributed by atoms with E-state index in [1.807, 2.05) is 0 Å². The molecule has 3 nitrogen and oxygen atoms in total. The van der Waals surface area contributed by atoms with Crippen molar-refractivity contribution in [2.45, 2.75) is 51.9 Å². The van der Waals surface area contributed by atoms with Crippen LogP contribution >= 0.6 is 11.8 Å². The van der Waals surface area contributed by atoms with Gasteiger partial charge in [0.15, 0.2) is 0 Å². The standard InChI is InChI=1S/C12H22O3S/c1-2-3-4-5-6-7-9-16-10-8-11(13)12(14)15/h2-10H2,1H3,(H,14,15). The Balaban J connectivity index is 3.10. The molecule has 0 heterocycles. The van der Waals surface area contributed by atoms with E-state index in [0.717, 1.165) is 5.75 Å². The fraction of sp³-hybridized carbons (Fsp3) is 0.833. The molecule has 0 aliphatic carbocycles. The minimum absolute atomic E-state index is 0.163. The molecule has 0 saturated heterocycles. The average molecular weight is 246 g/mol. The molecule has 0 bridgehead atoms. The number of unbranched alkanes of at least 4 members (excludes halogenated alkanes) is 5. The van der Waals surface area contributed by atoms with Crippen molar-refractivity contribution in [3.63, 3.8) is 0 Å². The predicted molar refractivity (Wildman–Crippen MR) is 68.0 cm³/mol. The van der Waals surface area contributed by atoms with Crippen molar-refractivity contribution in [2.24, 2.45) is 0 Å². The largest absolute Gasteiger partial charge is 0.476 e. The second-order valence-corrected chi connectivity index (χ2v) is 5.08. The number of thioether (sulfide) groups is 1. The third-order valence-electron chi connectivity index (χ3n) is 2.35. The Bertz CT molecular complexity index is 204. The Morgan fingerprint density at radius 2 is 1.62 bits per heavy atom. The summed E-state index contributed by atoms with van der Waals surface area (Å²) in [5.74, 6) is -0.297. The monoisotopic (exact) mass is 246 g/mol. The molecule has 0 spiro atoms. The fourth-order valence-corrected chi connectivity index (χ4v) is 2.30. The first-order chi connectivity index (χ1) is 7.68. The minimum atomic E-state index is -1.31. The van der Waals surface area contributed by atoms with E-state index in [2.05, 4.69) is 6.92 Å². The van der Waals surface area contributed by atoms with Crippen molar-refractivity contribution in [1.29, 1.82) is 0 Å². The van der Waals surface area contributed by atoms with Gasteiger partial charge in [-0.15, -0.1) is 0 Å². The van der Waals surface area contributed by atoms with Crippen LogP contribution in [0.15, 0.2) is 0 Å². The number of hydrogen-bond donors (Lipinski definition) is 1. The molecular weight excluding hydrogens is 224 g/mol. The molecule has 94 valence electrons. The zero-order valence-electron chi connectivity index (χ0n) is 10.0. The van der Waals surface area contributed by atoms with Gasteiger partial charge in [-0.1, -0.05) is 39.0 Å². The number of rotatable bonds is 11. The van der Waals surface area contributed by atoms with Gasteiger partial charge in [0.2, 0.25) is 5.78 Å². The molecule has 0 aromatic heterocycles. The third kappa shape index (κ3) is 10.0. The maximum Gasteiger partial charge on any atom is 0.372 e. The van der Waals surface area contributed by atoms with Crippen LogP contribution in [0, 0.1) is 0 Å². The van der Waals surface area contributed by atoms with Crippen LogP contribution in [0.1, 0.15) is 51.9 Å². The molecular formula is C12H22O3S. The topological polar surface area (TPSA) is 54.4 Å². The lowest BCUT2D eigenvalue weighted by Crippen LogP contribution is -2.12. The van der Waals surface area contributed by atoms with Gasteiger partial charge >= 0.3 is 5.97 Å². The van der Waals surface area contributed by atoms with Crippen molar-refractivity contribution in [2.75, 3.05) is 11.5 Å². The maximum absolute atomic E-state index is 10.7. The number of carboxylic acid groups (broad SMARTS) is 1. The second kappa shape index (κ2) is 11.0. The van der Waals surface area contributed by atoms with Crippen LogP contribution in [0.5, 0.6) is 0 Å². The molecule has 0 aromatic rings. The summed E-state index contributed by atoms with van der Waals surface area (Å²) in [6.07, 6.45) is 7.79. The van der Waals surface area contributed by atoms with E-state index in [4.69, 9.17) is 5.11 Å². The Hall–Kier alpha value is -0.510. The van der Waals surface area contributed by atoms with Gasteiger partial charge in [-0.25, -0.2) is 4.79 Å². The highest BCUT2D eigenvalue weighted by atomic mass is 32.2. The van der Waals surface area contributed by atoms with E-state index < -0.39 is 11.8 Å². The Morgan fingerprint density at radius 3 is 2.25 bits per heavy atom. The molecule has 0 radical (unpaired) electrons. The highest BCUT2D eigenvalue weighted by Crippen LogP contribution is 2.10. The van der Waals surface area contributed by atoms with E-state index in [0.29, 0.717) is 5.75 Å². The van der Waals surface area contributed by atoms with Crippen molar-refractivity contribution in [1.82, 2.24) is 0 Å². The van der Waals surface area contributed by atoms with E-state index in [-0.39, 0.29) is 6.42 Å². The molecule has 0 amide bonds. The first-order valence-electron chi connectivity index (χ1n) is 6.02. The van der Waals surface area contributed by atoms with Gasteiger partial charge in [-0.2, -0.15) is 11.8 Å². The SMILES string of the molecule is CCCCCCCCSCCC(=O)C(=O)O. The summed E-state index contributed by atoms with van der Waals surface area (Å²) in [7, 11) is 0. The van der Waals surface area contributed by atoms with Crippen molar-refractivity contribution in [3.05, 3.63) is 0 Å². The number of hydrogen-bond acceptors (Lipinski definition) is 3. The Labute approximate surface area is 102 Å². The smallest absolute Gasteiger partial charge is 0.372 e. The van der Waals surface area contributed by atoms with Gasteiger partial charge < -0.3 is 5.11 Å². The highest BCUT2D eigenvalue weighted by Gasteiger charge is 2.09. The molecule has 0 aliphatic heterocycles. The van der Waals surface area contributed by atoms with Crippen molar-refractivity contribution in [3.8, 4) is 0 Å². The summed E-state index contributed by atoms with van der Waals surface area (Å²) in [6.45, 7) is 2.20. The number of carboxylic acids is 1. The summed E-state index contributed by atoms with van der Waals surface area (Å²) in [5, 5.41) is 8.35. The van der Waals surface area contributed by atoms with E-state index in [1.54, 1.807) is 11.8 Å². The molecule has 0 rings (SSSR count). The summed E-state index contributed by atoms with van der Waals surface area (Å²) >= 11 is 1.68. The van der Waals surface area contributed by atoms with Gasteiger partial charge in [0, 0.05) is 12.2 Å².